The maximum atomic E-state index is 2.50. The van der Waals surface area contributed by atoms with Gasteiger partial charge in [-0.05, 0) is 84.7 Å². The molecule has 0 atom stereocenters. The number of hydrogen-bond acceptors (Lipinski definition) is 2. The highest BCUT2D eigenvalue weighted by atomic mass is 127. The SMILES string of the molecule is CN(C)c1ccc(/C=C/c2ccc3ccccc3[n+]2CCCCCCCC[n+]2c(/C=C/c3ccc(N(C)C)cc3)ccc3ccccc32)cc1.[I-].[I-]. The van der Waals surface area contributed by atoms with E-state index in [0.717, 1.165) is 13.1 Å². The molecule has 2 aromatic heterocycles. The first kappa shape index (κ1) is 41.0. The summed E-state index contributed by atoms with van der Waals surface area (Å²) in [6.45, 7) is 2.06. The lowest BCUT2D eigenvalue weighted by molar-refractivity contribution is -0.673. The number of hydrogen-bond donors (Lipinski definition) is 0. The highest BCUT2D eigenvalue weighted by Crippen LogP contribution is 2.19. The van der Waals surface area contributed by atoms with Crippen LogP contribution in [0.1, 0.15) is 61.0 Å². The lowest BCUT2D eigenvalue weighted by Crippen LogP contribution is -3.00. The van der Waals surface area contributed by atoms with Gasteiger partial charge in [-0.1, -0.05) is 61.4 Å². The molecule has 270 valence electrons. The Hall–Kier alpha value is -3.76. The predicted molar refractivity (Wildman–Crippen MR) is 215 cm³/mol. The fourth-order valence-corrected chi connectivity index (χ4v) is 6.72. The number of unbranched alkanes of at least 4 members (excludes halogenated alkanes) is 5. The Kier molecular flexibility index (Phi) is 16.1. The number of rotatable bonds is 15. The van der Waals surface area contributed by atoms with Crippen molar-refractivity contribution in [2.75, 3.05) is 38.0 Å². The average molecular weight is 915 g/mol. The number of halogens is 2. The third kappa shape index (κ3) is 10.9. The fraction of sp³-hybridized carbons (Fsp3) is 0.261. The van der Waals surface area contributed by atoms with Gasteiger partial charge >= 0.3 is 0 Å². The van der Waals surface area contributed by atoms with Gasteiger partial charge in [-0.15, -0.1) is 0 Å². The van der Waals surface area contributed by atoms with E-state index in [0.29, 0.717) is 0 Å². The Morgan fingerprint density at radius 1 is 0.404 bits per heavy atom. The molecule has 4 aromatic carbocycles. The van der Waals surface area contributed by atoms with E-state index in [4.69, 9.17) is 0 Å². The Balaban J connectivity index is 0.00000302. The molecule has 0 saturated carbocycles. The first-order valence-electron chi connectivity index (χ1n) is 18.2. The highest BCUT2D eigenvalue weighted by molar-refractivity contribution is 5.78. The standard InChI is InChI=1S/C46H52N4.2HI/c1-47(2)41-27-19-37(20-28-41)23-31-43-33-25-39-15-9-11-17-45(39)49(43)35-13-7-5-6-8-14-36-50-44(34-26-40-16-10-12-18-46(40)50)32-24-38-21-29-42(30-22-38)48(3)4;;/h9-12,15-34H,5-8,13-14,35-36H2,1-4H3;2*1H/q+2;;/p-2. The Morgan fingerprint density at radius 3 is 1.15 bits per heavy atom. The largest absolute Gasteiger partial charge is 1.00 e. The average Bonchev–Trinajstić information content (AvgIpc) is 3.15. The van der Waals surface area contributed by atoms with E-state index in [1.54, 1.807) is 0 Å². The minimum atomic E-state index is 0. The third-order valence-corrected chi connectivity index (χ3v) is 9.67. The summed E-state index contributed by atoms with van der Waals surface area (Å²) in [6, 6.07) is 44.0. The number of nitrogens with zero attached hydrogens (tertiary/aromatic N) is 4. The van der Waals surface area contributed by atoms with Gasteiger partial charge < -0.3 is 57.8 Å². The van der Waals surface area contributed by atoms with Crippen LogP contribution in [0.2, 0.25) is 0 Å². The van der Waals surface area contributed by atoms with Crippen molar-refractivity contribution in [1.29, 1.82) is 0 Å². The van der Waals surface area contributed by atoms with Crippen LogP contribution in [-0.2, 0) is 13.1 Å². The van der Waals surface area contributed by atoms with Crippen LogP contribution >= 0.6 is 0 Å². The first-order valence-corrected chi connectivity index (χ1v) is 18.2. The van der Waals surface area contributed by atoms with Crippen molar-refractivity contribution in [1.82, 2.24) is 0 Å². The summed E-state index contributed by atoms with van der Waals surface area (Å²) >= 11 is 0. The molecule has 0 spiro atoms. The molecule has 2 heterocycles. The van der Waals surface area contributed by atoms with Gasteiger partial charge in [-0.2, -0.15) is 9.13 Å². The van der Waals surface area contributed by atoms with Crippen LogP contribution in [0.3, 0.4) is 0 Å². The molecule has 0 amide bonds. The molecule has 0 unspecified atom stereocenters. The van der Waals surface area contributed by atoms with E-state index in [1.165, 1.54) is 94.2 Å². The summed E-state index contributed by atoms with van der Waals surface area (Å²) in [5.74, 6) is 0. The Bertz CT molecular complexity index is 1920. The number of pyridine rings is 2. The van der Waals surface area contributed by atoms with Crippen LogP contribution in [-0.4, -0.2) is 28.2 Å². The van der Waals surface area contributed by atoms with Gasteiger partial charge in [0.25, 0.3) is 0 Å². The molecule has 0 radical (unpaired) electrons. The van der Waals surface area contributed by atoms with Gasteiger partial charge in [0.1, 0.15) is 13.1 Å². The van der Waals surface area contributed by atoms with Crippen molar-refractivity contribution in [2.45, 2.75) is 51.6 Å². The van der Waals surface area contributed by atoms with Gasteiger partial charge in [-0.25, -0.2) is 0 Å². The maximum Gasteiger partial charge on any atom is 0.212 e. The van der Waals surface area contributed by atoms with Crippen LogP contribution in [0, 0.1) is 0 Å². The van der Waals surface area contributed by atoms with E-state index in [1.807, 2.05) is 0 Å². The summed E-state index contributed by atoms with van der Waals surface area (Å²) < 4.78 is 5.01. The Labute approximate surface area is 345 Å². The predicted octanol–water partition coefficient (Wildman–Crippen LogP) is 4.09. The van der Waals surface area contributed by atoms with Crippen LogP contribution in [0.5, 0.6) is 0 Å². The molecule has 0 saturated heterocycles. The molecule has 4 nitrogen and oxygen atoms in total. The molecule has 6 heteroatoms. The van der Waals surface area contributed by atoms with E-state index in [9.17, 15) is 0 Å². The van der Waals surface area contributed by atoms with Crippen molar-refractivity contribution in [3.05, 3.63) is 144 Å². The summed E-state index contributed by atoms with van der Waals surface area (Å²) in [5.41, 5.74) is 9.99. The van der Waals surface area contributed by atoms with Crippen LogP contribution in [0.25, 0.3) is 46.1 Å². The second kappa shape index (κ2) is 20.5. The second-order valence-electron chi connectivity index (χ2n) is 13.7. The second-order valence-corrected chi connectivity index (χ2v) is 13.7. The zero-order valence-corrected chi connectivity index (χ0v) is 35.4. The zero-order chi connectivity index (χ0) is 34.7. The molecular weight excluding hydrogens is 862 g/mol. The molecule has 52 heavy (non-hydrogen) atoms. The number of aromatic nitrogens is 2. The van der Waals surface area contributed by atoms with E-state index >= 15 is 0 Å². The number of aryl methyl sites for hydroxylation is 2. The summed E-state index contributed by atoms with van der Waals surface area (Å²) in [7, 11) is 8.32. The third-order valence-electron chi connectivity index (χ3n) is 9.67. The molecule has 6 aromatic rings. The first-order chi connectivity index (χ1) is 24.5. The lowest BCUT2D eigenvalue weighted by atomic mass is 10.1. The highest BCUT2D eigenvalue weighted by Gasteiger charge is 2.15. The van der Waals surface area contributed by atoms with Gasteiger partial charge in [0.2, 0.25) is 22.4 Å². The number of anilines is 2. The Morgan fingerprint density at radius 2 is 0.769 bits per heavy atom. The molecule has 0 bridgehead atoms. The molecule has 0 fully saturated rings. The molecule has 0 aliphatic rings. The van der Waals surface area contributed by atoms with Crippen molar-refractivity contribution in [2.24, 2.45) is 0 Å². The van der Waals surface area contributed by atoms with Crippen LogP contribution in [0.4, 0.5) is 11.4 Å². The van der Waals surface area contributed by atoms with Crippen molar-refractivity contribution in [3.8, 4) is 0 Å². The minimum absolute atomic E-state index is 0. The van der Waals surface area contributed by atoms with Gasteiger partial charge in [0.15, 0.2) is 0 Å². The van der Waals surface area contributed by atoms with Gasteiger partial charge in [-0.3, -0.25) is 0 Å². The summed E-state index contributed by atoms with van der Waals surface area (Å²) in [5, 5.41) is 2.59. The van der Waals surface area contributed by atoms with Crippen LogP contribution < -0.4 is 66.9 Å². The molecule has 0 aliphatic heterocycles. The number of para-hydroxylation sites is 2. The summed E-state index contributed by atoms with van der Waals surface area (Å²) in [4.78, 5) is 4.27. The maximum absolute atomic E-state index is 2.50. The molecular formula is C46H52I2N4. The topological polar surface area (TPSA) is 14.2 Å². The molecule has 0 N–H and O–H groups in total. The lowest BCUT2D eigenvalue weighted by Gasteiger charge is -2.11. The van der Waals surface area contributed by atoms with Crippen molar-refractivity contribution < 1.29 is 57.1 Å². The van der Waals surface area contributed by atoms with E-state index in [2.05, 4.69) is 193 Å². The smallest absolute Gasteiger partial charge is 0.212 e. The monoisotopic (exact) mass is 914 g/mol. The van der Waals surface area contributed by atoms with Crippen LogP contribution in [0.15, 0.2) is 121 Å². The van der Waals surface area contributed by atoms with E-state index in [-0.39, 0.29) is 48.0 Å². The van der Waals surface area contributed by atoms with Crippen molar-refractivity contribution in [3.63, 3.8) is 0 Å². The van der Waals surface area contributed by atoms with Crippen molar-refractivity contribution >= 4 is 57.5 Å². The van der Waals surface area contributed by atoms with E-state index < -0.39 is 0 Å². The minimum Gasteiger partial charge on any atom is -1.00 e. The fourth-order valence-electron chi connectivity index (χ4n) is 6.72. The zero-order valence-electron chi connectivity index (χ0n) is 31.1. The van der Waals surface area contributed by atoms with Gasteiger partial charge in [0.05, 0.1) is 0 Å². The number of fused-ring (bicyclic) bond motifs is 2. The quantitative estimate of drug-likeness (QED) is 0.0878. The van der Waals surface area contributed by atoms with Gasteiger partial charge in [0, 0.05) is 99.6 Å². The molecule has 6 rings (SSSR count). The summed E-state index contributed by atoms with van der Waals surface area (Å²) in [6.07, 6.45) is 16.4. The normalized spacial score (nSPS) is 11.2. The number of benzene rings is 4. The molecule has 0 aliphatic carbocycles.